The molecule has 1 aliphatic heterocycles. The van der Waals surface area contributed by atoms with Crippen LogP contribution in [0.1, 0.15) is 62.1 Å². The van der Waals surface area contributed by atoms with E-state index in [2.05, 4.69) is 16.2 Å². The number of aliphatic hydroxyl groups is 1. The number of aryl methyl sites for hydroxylation is 1. The van der Waals surface area contributed by atoms with Crippen molar-refractivity contribution in [3.05, 3.63) is 64.3 Å². The summed E-state index contributed by atoms with van der Waals surface area (Å²) in [6.07, 6.45) is 2.70. The Morgan fingerprint density at radius 3 is 2.49 bits per heavy atom. The Balaban J connectivity index is 1.27. The summed E-state index contributed by atoms with van der Waals surface area (Å²) < 4.78 is 44.2. The van der Waals surface area contributed by atoms with Gasteiger partial charge in [-0.2, -0.15) is 18.3 Å². The van der Waals surface area contributed by atoms with E-state index in [1.165, 1.54) is 40.1 Å². The maximum absolute atomic E-state index is 13.7. The Hall–Kier alpha value is -3.47. The number of rotatable bonds is 6. The number of carbonyl (C=O) groups excluding carboxylic acids is 1. The number of fused-ring (bicyclic) bond motifs is 1. The molecule has 1 atom stereocenters. The fourth-order valence-corrected chi connectivity index (χ4v) is 5.68. The number of hydrogen-bond acceptors (Lipinski definition) is 5. The Labute approximate surface area is 223 Å². The zero-order valence-corrected chi connectivity index (χ0v) is 21.8. The van der Waals surface area contributed by atoms with Crippen molar-refractivity contribution in [2.45, 2.75) is 69.2 Å². The second-order valence-electron chi connectivity index (χ2n) is 10.6. The molecule has 1 aromatic carbocycles. The average Bonchev–Trinajstić information content (AvgIpc) is 3.26. The summed E-state index contributed by atoms with van der Waals surface area (Å²) in [7, 11) is 1.79. The third kappa shape index (κ3) is 5.63. The number of piperidine rings is 1. The van der Waals surface area contributed by atoms with Crippen molar-refractivity contribution in [3.63, 3.8) is 0 Å². The first kappa shape index (κ1) is 27.1. The van der Waals surface area contributed by atoms with Gasteiger partial charge in [-0.25, -0.2) is 4.98 Å². The van der Waals surface area contributed by atoms with E-state index in [1.54, 1.807) is 17.8 Å². The summed E-state index contributed by atoms with van der Waals surface area (Å²) in [6.45, 7) is 0.155. The van der Waals surface area contributed by atoms with Crippen LogP contribution in [0.25, 0.3) is 16.6 Å². The van der Waals surface area contributed by atoms with Gasteiger partial charge in [0.05, 0.1) is 30.1 Å². The number of alkyl halides is 3. The predicted molar refractivity (Wildman–Crippen MR) is 140 cm³/mol. The molecule has 0 radical (unpaired) electrons. The van der Waals surface area contributed by atoms with Gasteiger partial charge in [0, 0.05) is 26.6 Å². The zero-order valence-electron chi connectivity index (χ0n) is 21.8. The quantitative estimate of drug-likeness (QED) is 0.504. The normalized spacial score (nSPS) is 18.7. The molecule has 1 aliphatic carbocycles. The molecular weight excluding hydrogens is 511 g/mol. The second-order valence-corrected chi connectivity index (χ2v) is 10.6. The van der Waals surface area contributed by atoms with Crippen LogP contribution in [0.2, 0.25) is 0 Å². The van der Waals surface area contributed by atoms with Gasteiger partial charge < -0.3 is 10.0 Å². The Bertz CT molecular complexity index is 1440. The predicted octanol–water partition coefficient (Wildman–Crippen LogP) is 4.18. The van der Waals surface area contributed by atoms with Crippen LogP contribution < -0.4 is 5.56 Å². The monoisotopic (exact) mass is 543 g/mol. The van der Waals surface area contributed by atoms with Crippen molar-refractivity contribution < 1.29 is 23.1 Å². The lowest BCUT2D eigenvalue weighted by Gasteiger charge is -2.39. The first-order chi connectivity index (χ1) is 18.6. The standard InChI is InChI=1S/C28H32F3N5O3/c1-34-25(20-10-6-3-7-11-20)23-24(33-34)26(38)36(18-32-23)17-27(39)12-14-35(15-13-27)22(37)16-21(28(29,30)31)19-8-4-2-5-9-19/h2,4-5,8-10,18,21,39H,3,6-7,11-17H2,1H3. The molecule has 5 rings (SSSR count). The van der Waals surface area contributed by atoms with Gasteiger partial charge in [0.25, 0.3) is 5.56 Å². The minimum Gasteiger partial charge on any atom is -0.388 e. The number of hydrogen-bond donors (Lipinski definition) is 1. The van der Waals surface area contributed by atoms with E-state index in [9.17, 15) is 27.9 Å². The van der Waals surface area contributed by atoms with Crippen molar-refractivity contribution in [1.29, 1.82) is 0 Å². The SMILES string of the molecule is Cn1nc2c(=O)n(CC3(O)CCN(C(=O)CC(c4ccccc4)C(F)(F)F)CC3)cnc2c1C1=CCCCC1. The van der Waals surface area contributed by atoms with Crippen LogP contribution >= 0.6 is 0 Å². The lowest BCUT2D eigenvalue weighted by Crippen LogP contribution is -2.50. The lowest BCUT2D eigenvalue weighted by molar-refractivity contribution is -0.162. The molecule has 1 N–H and O–H groups in total. The van der Waals surface area contributed by atoms with Gasteiger partial charge in [0.2, 0.25) is 5.91 Å². The van der Waals surface area contributed by atoms with E-state index in [1.807, 2.05) is 0 Å². The molecular formula is C28H32F3N5O3. The van der Waals surface area contributed by atoms with E-state index in [0.29, 0.717) is 5.52 Å². The Morgan fingerprint density at radius 1 is 1.13 bits per heavy atom. The molecule has 3 heterocycles. The van der Waals surface area contributed by atoms with Gasteiger partial charge in [-0.05, 0) is 49.7 Å². The van der Waals surface area contributed by atoms with Crippen LogP contribution in [0.5, 0.6) is 0 Å². The fraction of sp³-hybridized carbons (Fsp3) is 0.500. The van der Waals surface area contributed by atoms with Crippen molar-refractivity contribution in [1.82, 2.24) is 24.2 Å². The summed E-state index contributed by atoms with van der Waals surface area (Å²) in [4.78, 5) is 32.0. The van der Waals surface area contributed by atoms with Gasteiger partial charge >= 0.3 is 6.18 Å². The largest absolute Gasteiger partial charge is 0.396 e. The number of halogens is 3. The highest BCUT2D eigenvalue weighted by Crippen LogP contribution is 2.38. The van der Waals surface area contributed by atoms with Crippen LogP contribution in [-0.2, 0) is 18.4 Å². The average molecular weight is 544 g/mol. The minimum atomic E-state index is -4.56. The molecule has 0 saturated carbocycles. The van der Waals surface area contributed by atoms with E-state index in [0.717, 1.165) is 37.0 Å². The van der Waals surface area contributed by atoms with E-state index >= 15 is 0 Å². The summed E-state index contributed by atoms with van der Waals surface area (Å²) >= 11 is 0. The molecule has 8 nitrogen and oxygen atoms in total. The number of aromatic nitrogens is 4. The number of carbonyl (C=O) groups is 1. The summed E-state index contributed by atoms with van der Waals surface area (Å²) in [6, 6.07) is 7.42. The smallest absolute Gasteiger partial charge is 0.388 e. The summed E-state index contributed by atoms with van der Waals surface area (Å²) in [5.41, 5.74) is 1.13. The van der Waals surface area contributed by atoms with E-state index < -0.39 is 30.0 Å². The zero-order chi connectivity index (χ0) is 27.8. The number of likely N-dealkylation sites (tertiary alicyclic amines) is 1. The van der Waals surface area contributed by atoms with Crippen LogP contribution in [-0.4, -0.2) is 60.1 Å². The molecule has 3 aromatic rings. The molecule has 1 fully saturated rings. The van der Waals surface area contributed by atoms with Gasteiger partial charge in [0.15, 0.2) is 5.52 Å². The molecule has 1 amide bonds. The van der Waals surface area contributed by atoms with Gasteiger partial charge in [-0.3, -0.25) is 18.8 Å². The number of benzene rings is 1. The van der Waals surface area contributed by atoms with Gasteiger partial charge in [0.1, 0.15) is 5.52 Å². The van der Waals surface area contributed by atoms with Crippen LogP contribution in [0.3, 0.4) is 0 Å². The number of nitrogens with zero attached hydrogens (tertiary/aromatic N) is 5. The summed E-state index contributed by atoms with van der Waals surface area (Å²) in [5, 5.41) is 15.7. The maximum Gasteiger partial charge on any atom is 0.396 e. The van der Waals surface area contributed by atoms with Crippen molar-refractivity contribution in [2.75, 3.05) is 13.1 Å². The first-order valence-corrected chi connectivity index (χ1v) is 13.3. The number of allylic oxidation sites excluding steroid dienone is 2. The van der Waals surface area contributed by atoms with Crippen molar-refractivity contribution in [2.24, 2.45) is 7.05 Å². The third-order valence-corrected chi connectivity index (χ3v) is 7.89. The molecule has 0 bridgehead atoms. The highest BCUT2D eigenvalue weighted by molar-refractivity contribution is 5.87. The molecule has 2 aliphatic rings. The van der Waals surface area contributed by atoms with Crippen molar-refractivity contribution in [3.8, 4) is 0 Å². The molecule has 0 spiro atoms. The minimum absolute atomic E-state index is 0.0411. The maximum atomic E-state index is 13.7. The first-order valence-electron chi connectivity index (χ1n) is 13.3. The topological polar surface area (TPSA) is 93.2 Å². The van der Waals surface area contributed by atoms with Gasteiger partial charge in [-0.15, -0.1) is 0 Å². The highest BCUT2D eigenvalue weighted by Gasteiger charge is 2.43. The molecule has 2 aromatic heterocycles. The molecule has 1 saturated heterocycles. The molecule has 1 unspecified atom stereocenters. The summed E-state index contributed by atoms with van der Waals surface area (Å²) in [5.74, 6) is -2.50. The van der Waals surface area contributed by atoms with Crippen LogP contribution in [0.15, 0.2) is 47.5 Å². The Kier molecular flexibility index (Phi) is 7.37. The molecule has 39 heavy (non-hydrogen) atoms. The molecule has 11 heteroatoms. The van der Waals surface area contributed by atoms with Crippen LogP contribution in [0, 0.1) is 0 Å². The van der Waals surface area contributed by atoms with E-state index in [-0.39, 0.29) is 49.1 Å². The number of amides is 1. The lowest BCUT2D eigenvalue weighted by atomic mass is 9.89. The second kappa shape index (κ2) is 10.6. The Morgan fingerprint density at radius 2 is 1.85 bits per heavy atom. The van der Waals surface area contributed by atoms with Crippen molar-refractivity contribution >= 4 is 22.5 Å². The van der Waals surface area contributed by atoms with E-state index in [4.69, 9.17) is 0 Å². The molecule has 208 valence electrons. The van der Waals surface area contributed by atoms with Crippen LogP contribution in [0.4, 0.5) is 13.2 Å². The fourth-order valence-electron chi connectivity index (χ4n) is 5.68. The third-order valence-electron chi connectivity index (χ3n) is 7.89. The van der Waals surface area contributed by atoms with Gasteiger partial charge in [-0.1, -0.05) is 36.4 Å². The highest BCUT2D eigenvalue weighted by atomic mass is 19.4.